The van der Waals surface area contributed by atoms with E-state index in [0.717, 1.165) is 32.0 Å². The lowest BCUT2D eigenvalue weighted by molar-refractivity contribution is -0.122. The molecule has 2 heterocycles. The molecule has 18 heavy (non-hydrogen) atoms. The van der Waals surface area contributed by atoms with Crippen LogP contribution in [0.15, 0.2) is 0 Å². The van der Waals surface area contributed by atoms with Crippen LogP contribution in [-0.4, -0.2) is 48.1 Å². The van der Waals surface area contributed by atoms with Crippen LogP contribution in [0, 0.1) is 0 Å². The molecule has 3 aliphatic rings. The van der Waals surface area contributed by atoms with E-state index in [1.54, 1.807) is 0 Å². The lowest BCUT2D eigenvalue weighted by Crippen LogP contribution is -2.40. The van der Waals surface area contributed by atoms with E-state index in [1.807, 2.05) is 0 Å². The molecule has 4 heteroatoms. The largest absolute Gasteiger partial charge is 0.352 e. The van der Waals surface area contributed by atoms with Crippen LogP contribution in [0.2, 0.25) is 0 Å². The zero-order valence-corrected chi connectivity index (χ0v) is 11.3. The third-order valence-corrected chi connectivity index (χ3v) is 4.60. The molecule has 2 saturated heterocycles. The van der Waals surface area contributed by atoms with Gasteiger partial charge in [-0.25, -0.2) is 0 Å². The fraction of sp³-hybridized carbons (Fsp3) is 0.929. The van der Waals surface area contributed by atoms with Gasteiger partial charge in [0.2, 0.25) is 5.91 Å². The highest BCUT2D eigenvalue weighted by Gasteiger charge is 2.39. The summed E-state index contributed by atoms with van der Waals surface area (Å²) in [7, 11) is 0. The van der Waals surface area contributed by atoms with Crippen molar-refractivity contribution < 1.29 is 4.79 Å². The normalized spacial score (nSPS) is 37.1. The second-order valence-corrected chi connectivity index (χ2v) is 6.27. The molecular weight excluding hydrogens is 226 g/mol. The lowest BCUT2D eigenvalue weighted by atomic mass is 10.1. The first-order valence-electron chi connectivity index (χ1n) is 7.51. The van der Waals surface area contributed by atoms with Crippen molar-refractivity contribution in [3.8, 4) is 0 Å². The smallest absolute Gasteiger partial charge is 0.221 e. The molecule has 3 rings (SSSR count). The quantitative estimate of drug-likeness (QED) is 0.779. The Kier molecular flexibility index (Phi) is 3.57. The van der Waals surface area contributed by atoms with Crippen molar-refractivity contribution >= 4 is 5.91 Å². The summed E-state index contributed by atoms with van der Waals surface area (Å²) in [5.74, 6) is 0.240. The highest BCUT2D eigenvalue weighted by Crippen LogP contribution is 2.33. The minimum Gasteiger partial charge on any atom is -0.352 e. The van der Waals surface area contributed by atoms with Gasteiger partial charge >= 0.3 is 0 Å². The van der Waals surface area contributed by atoms with Crippen molar-refractivity contribution in [1.82, 2.24) is 15.5 Å². The number of hydrogen-bond acceptors (Lipinski definition) is 3. The number of likely N-dealkylation sites (tertiary alicyclic amines) is 1. The van der Waals surface area contributed by atoms with Crippen LogP contribution in [-0.2, 0) is 4.79 Å². The van der Waals surface area contributed by atoms with E-state index in [0.29, 0.717) is 24.5 Å². The highest BCUT2D eigenvalue weighted by atomic mass is 16.1. The van der Waals surface area contributed by atoms with Gasteiger partial charge in [-0.05, 0) is 45.6 Å². The summed E-state index contributed by atoms with van der Waals surface area (Å²) in [6.07, 6.45) is 6.87. The number of nitrogens with zero attached hydrogens (tertiary/aromatic N) is 1. The first kappa shape index (κ1) is 12.4. The Bertz CT molecular complexity index is 310. The number of carbonyl (C=O) groups excluding carboxylic acids is 1. The fourth-order valence-corrected chi connectivity index (χ4v) is 3.52. The number of carbonyl (C=O) groups is 1. The Labute approximate surface area is 109 Å². The van der Waals surface area contributed by atoms with Crippen LogP contribution in [0.1, 0.15) is 45.4 Å². The number of nitrogens with one attached hydrogen (secondary N) is 2. The van der Waals surface area contributed by atoms with Crippen LogP contribution < -0.4 is 10.6 Å². The Morgan fingerprint density at radius 3 is 2.89 bits per heavy atom. The van der Waals surface area contributed by atoms with Gasteiger partial charge in [0, 0.05) is 37.1 Å². The molecule has 2 N–H and O–H groups in total. The van der Waals surface area contributed by atoms with Crippen LogP contribution in [0.25, 0.3) is 0 Å². The molecule has 0 aromatic carbocycles. The summed E-state index contributed by atoms with van der Waals surface area (Å²) < 4.78 is 0. The van der Waals surface area contributed by atoms with E-state index in [-0.39, 0.29) is 5.91 Å². The van der Waals surface area contributed by atoms with Crippen LogP contribution >= 0.6 is 0 Å². The van der Waals surface area contributed by atoms with Gasteiger partial charge in [0.15, 0.2) is 0 Å². The van der Waals surface area contributed by atoms with Crippen LogP contribution in [0.3, 0.4) is 0 Å². The van der Waals surface area contributed by atoms with E-state index in [1.165, 1.54) is 19.3 Å². The van der Waals surface area contributed by atoms with Crippen molar-refractivity contribution in [1.29, 1.82) is 0 Å². The molecule has 102 valence electrons. The molecule has 0 spiro atoms. The third-order valence-electron chi connectivity index (χ3n) is 4.60. The molecule has 3 unspecified atom stereocenters. The van der Waals surface area contributed by atoms with Crippen molar-refractivity contribution in [2.45, 2.75) is 69.6 Å². The van der Waals surface area contributed by atoms with Crippen molar-refractivity contribution in [3.63, 3.8) is 0 Å². The molecule has 4 nitrogen and oxygen atoms in total. The van der Waals surface area contributed by atoms with Gasteiger partial charge in [-0.3, -0.25) is 9.69 Å². The first-order valence-corrected chi connectivity index (χ1v) is 7.51. The fourth-order valence-electron chi connectivity index (χ4n) is 3.52. The second-order valence-electron chi connectivity index (χ2n) is 6.27. The molecule has 0 bridgehead atoms. The van der Waals surface area contributed by atoms with Gasteiger partial charge in [0.25, 0.3) is 0 Å². The summed E-state index contributed by atoms with van der Waals surface area (Å²) in [6, 6.07) is 2.27. The maximum Gasteiger partial charge on any atom is 0.221 e. The first-order chi connectivity index (χ1) is 8.72. The molecule has 0 aromatic heterocycles. The van der Waals surface area contributed by atoms with Crippen molar-refractivity contribution in [2.75, 3.05) is 13.1 Å². The molecule has 1 amide bonds. The number of rotatable bonds is 4. The summed E-state index contributed by atoms with van der Waals surface area (Å²) >= 11 is 0. The van der Waals surface area contributed by atoms with Gasteiger partial charge in [-0.2, -0.15) is 0 Å². The highest BCUT2D eigenvalue weighted by molar-refractivity contribution is 5.77. The molecule has 0 radical (unpaired) electrons. The third kappa shape index (κ3) is 2.86. The zero-order valence-electron chi connectivity index (χ0n) is 11.3. The minimum absolute atomic E-state index is 0.240. The van der Waals surface area contributed by atoms with Crippen molar-refractivity contribution in [3.05, 3.63) is 0 Å². The Hall–Kier alpha value is -0.610. The lowest BCUT2D eigenvalue weighted by Gasteiger charge is -2.20. The standard InChI is InChI=1S/C14H25N3O/c1-10-7-12(9-17(10)13-4-5-13)16-14(18)8-11-3-2-6-15-11/h10-13,15H,2-9H2,1H3,(H,16,18). The Morgan fingerprint density at radius 2 is 2.22 bits per heavy atom. The maximum atomic E-state index is 12.0. The summed E-state index contributed by atoms with van der Waals surface area (Å²) in [6.45, 7) is 4.44. The average Bonchev–Trinajstić information content (AvgIpc) is 2.92. The molecule has 3 fully saturated rings. The molecule has 3 atom stereocenters. The number of hydrogen-bond donors (Lipinski definition) is 2. The molecule has 0 aromatic rings. The van der Waals surface area contributed by atoms with E-state index >= 15 is 0 Å². The van der Waals surface area contributed by atoms with Gasteiger partial charge in [0.1, 0.15) is 0 Å². The summed E-state index contributed by atoms with van der Waals surface area (Å²) in [4.78, 5) is 14.6. The van der Waals surface area contributed by atoms with Crippen molar-refractivity contribution in [2.24, 2.45) is 0 Å². The summed E-state index contributed by atoms with van der Waals surface area (Å²) in [5.41, 5.74) is 0. The van der Waals surface area contributed by atoms with E-state index in [4.69, 9.17) is 0 Å². The van der Waals surface area contributed by atoms with Gasteiger partial charge in [0.05, 0.1) is 0 Å². The van der Waals surface area contributed by atoms with E-state index in [2.05, 4.69) is 22.5 Å². The predicted octanol–water partition coefficient (Wildman–Crippen LogP) is 0.870. The van der Waals surface area contributed by atoms with E-state index in [9.17, 15) is 4.79 Å². The average molecular weight is 251 g/mol. The topological polar surface area (TPSA) is 44.4 Å². The van der Waals surface area contributed by atoms with Crippen LogP contribution in [0.4, 0.5) is 0 Å². The minimum atomic E-state index is 0.240. The number of amides is 1. The predicted molar refractivity (Wildman–Crippen MR) is 71.4 cm³/mol. The molecular formula is C14H25N3O. The van der Waals surface area contributed by atoms with Gasteiger partial charge < -0.3 is 10.6 Å². The molecule has 1 saturated carbocycles. The molecule has 1 aliphatic carbocycles. The summed E-state index contributed by atoms with van der Waals surface area (Å²) in [5, 5.41) is 6.62. The molecule has 2 aliphatic heterocycles. The Balaban J connectivity index is 1.43. The monoisotopic (exact) mass is 251 g/mol. The maximum absolute atomic E-state index is 12.0. The van der Waals surface area contributed by atoms with Gasteiger partial charge in [-0.1, -0.05) is 0 Å². The second kappa shape index (κ2) is 5.17. The van der Waals surface area contributed by atoms with Gasteiger partial charge in [-0.15, -0.1) is 0 Å². The zero-order chi connectivity index (χ0) is 12.5. The Morgan fingerprint density at radius 1 is 1.39 bits per heavy atom. The van der Waals surface area contributed by atoms with E-state index < -0.39 is 0 Å². The van der Waals surface area contributed by atoms with Crippen LogP contribution in [0.5, 0.6) is 0 Å². The SMILES string of the molecule is CC1CC(NC(=O)CC2CCCN2)CN1C1CC1.